The maximum Gasteiger partial charge on any atom is 0.237 e. The van der Waals surface area contributed by atoms with E-state index in [0.717, 1.165) is 25.3 Å². The second-order valence-corrected chi connectivity index (χ2v) is 7.39. The summed E-state index contributed by atoms with van der Waals surface area (Å²) in [5.74, 6) is 1.06. The van der Waals surface area contributed by atoms with Crippen molar-refractivity contribution >= 4 is 29.1 Å². The Hall–Kier alpha value is -1.58. The zero-order chi connectivity index (χ0) is 16.5. The van der Waals surface area contributed by atoms with Crippen molar-refractivity contribution in [2.75, 3.05) is 13.1 Å². The smallest absolute Gasteiger partial charge is 0.237 e. The van der Waals surface area contributed by atoms with E-state index in [4.69, 9.17) is 0 Å². The van der Waals surface area contributed by atoms with E-state index < -0.39 is 0 Å². The number of halogens is 1. The summed E-state index contributed by atoms with van der Waals surface area (Å²) in [6.07, 6.45) is 4.93. The molecule has 0 saturated heterocycles. The molecule has 0 spiro atoms. The van der Waals surface area contributed by atoms with Crippen LogP contribution in [0.25, 0.3) is 10.8 Å². The van der Waals surface area contributed by atoms with Crippen molar-refractivity contribution in [3.63, 3.8) is 0 Å². The van der Waals surface area contributed by atoms with Crippen LogP contribution in [0.5, 0.6) is 0 Å². The van der Waals surface area contributed by atoms with Gasteiger partial charge in [-0.2, -0.15) is 0 Å². The average molecular weight is 359 g/mol. The first-order valence-corrected chi connectivity index (χ1v) is 9.23. The number of nitrogens with zero attached hydrogens (tertiary/aromatic N) is 1. The minimum Gasteiger partial charge on any atom is -0.332 e. The monoisotopic (exact) mass is 358 g/mol. The molecule has 0 heterocycles. The van der Waals surface area contributed by atoms with Crippen molar-refractivity contribution in [1.29, 1.82) is 0 Å². The molecule has 0 radical (unpaired) electrons. The predicted molar refractivity (Wildman–Crippen MR) is 105 cm³/mol. The number of fused-ring (bicyclic) bond motifs is 1. The van der Waals surface area contributed by atoms with Crippen molar-refractivity contribution in [1.82, 2.24) is 10.2 Å². The normalized spacial score (nSPS) is 17.8. The lowest BCUT2D eigenvalue weighted by molar-refractivity contribution is -0.133. The fourth-order valence-electron chi connectivity index (χ4n) is 3.51. The third kappa shape index (κ3) is 4.34. The molecule has 1 N–H and O–H groups in total. The SMILES string of the molecule is CC(c1ccc2ccccc2c1)N(C(=O)CNCC1CC1)C1CC1.Cl. The highest BCUT2D eigenvalue weighted by Gasteiger charge is 2.36. The van der Waals surface area contributed by atoms with E-state index >= 15 is 0 Å². The topological polar surface area (TPSA) is 32.3 Å². The molecule has 3 nitrogen and oxygen atoms in total. The molecule has 25 heavy (non-hydrogen) atoms. The predicted octanol–water partition coefficient (Wildman–Crippen LogP) is 4.31. The first kappa shape index (κ1) is 18.2. The van der Waals surface area contributed by atoms with Crippen LogP contribution in [0.2, 0.25) is 0 Å². The van der Waals surface area contributed by atoms with Gasteiger partial charge in [0.25, 0.3) is 0 Å². The summed E-state index contributed by atoms with van der Waals surface area (Å²) in [6, 6.07) is 15.6. The molecule has 2 aromatic carbocycles. The number of rotatable bonds is 7. The molecule has 0 aromatic heterocycles. The van der Waals surface area contributed by atoms with Gasteiger partial charge in [-0.15, -0.1) is 12.4 Å². The summed E-state index contributed by atoms with van der Waals surface area (Å²) in [7, 11) is 0. The Morgan fingerprint density at radius 2 is 1.84 bits per heavy atom. The van der Waals surface area contributed by atoms with Gasteiger partial charge in [0.05, 0.1) is 12.6 Å². The molecule has 2 saturated carbocycles. The van der Waals surface area contributed by atoms with Gasteiger partial charge >= 0.3 is 0 Å². The third-order valence-electron chi connectivity index (χ3n) is 5.31. The minimum absolute atomic E-state index is 0. The molecule has 4 heteroatoms. The van der Waals surface area contributed by atoms with Crippen LogP contribution in [0.3, 0.4) is 0 Å². The number of nitrogens with one attached hydrogen (secondary N) is 1. The fourth-order valence-corrected chi connectivity index (χ4v) is 3.51. The highest BCUT2D eigenvalue weighted by Crippen LogP contribution is 2.35. The van der Waals surface area contributed by atoms with Crippen molar-refractivity contribution in [3.8, 4) is 0 Å². The molecule has 0 aliphatic heterocycles. The lowest BCUT2D eigenvalue weighted by Crippen LogP contribution is -2.41. The van der Waals surface area contributed by atoms with Crippen molar-refractivity contribution in [2.45, 2.75) is 44.7 Å². The van der Waals surface area contributed by atoms with Crippen LogP contribution < -0.4 is 5.32 Å². The Labute approximate surface area is 156 Å². The molecule has 134 valence electrons. The van der Waals surface area contributed by atoms with E-state index in [1.165, 1.54) is 29.2 Å². The fraction of sp³-hybridized carbons (Fsp3) is 0.476. The lowest BCUT2D eigenvalue weighted by atomic mass is 10.0. The van der Waals surface area contributed by atoms with Crippen LogP contribution >= 0.6 is 12.4 Å². The average Bonchev–Trinajstić information content (AvgIpc) is 3.49. The Morgan fingerprint density at radius 1 is 1.12 bits per heavy atom. The molecule has 2 aromatic rings. The largest absolute Gasteiger partial charge is 0.332 e. The van der Waals surface area contributed by atoms with E-state index in [9.17, 15) is 4.79 Å². The molecule has 2 aliphatic carbocycles. The van der Waals surface area contributed by atoms with Crippen LogP contribution in [0.1, 0.15) is 44.2 Å². The number of amides is 1. The summed E-state index contributed by atoms with van der Waals surface area (Å²) >= 11 is 0. The number of carbonyl (C=O) groups is 1. The zero-order valence-electron chi connectivity index (χ0n) is 14.8. The van der Waals surface area contributed by atoms with E-state index in [2.05, 4.69) is 59.6 Å². The highest BCUT2D eigenvalue weighted by atomic mass is 35.5. The number of benzene rings is 2. The molecule has 2 aliphatic rings. The molecule has 2 fully saturated rings. The van der Waals surface area contributed by atoms with E-state index in [-0.39, 0.29) is 24.4 Å². The van der Waals surface area contributed by atoms with Gasteiger partial charge in [-0.3, -0.25) is 4.79 Å². The van der Waals surface area contributed by atoms with Gasteiger partial charge in [-0.1, -0.05) is 36.4 Å². The van der Waals surface area contributed by atoms with Crippen LogP contribution in [-0.4, -0.2) is 29.9 Å². The molecule has 1 amide bonds. The minimum atomic E-state index is 0. The van der Waals surface area contributed by atoms with E-state index in [1.54, 1.807) is 0 Å². The van der Waals surface area contributed by atoms with Crippen LogP contribution in [0.4, 0.5) is 0 Å². The summed E-state index contributed by atoms with van der Waals surface area (Å²) in [5.41, 5.74) is 1.23. The molecular weight excluding hydrogens is 332 g/mol. The van der Waals surface area contributed by atoms with Gasteiger partial charge in [0.2, 0.25) is 5.91 Å². The molecule has 0 bridgehead atoms. The third-order valence-corrected chi connectivity index (χ3v) is 5.31. The maximum absolute atomic E-state index is 12.8. The van der Waals surface area contributed by atoms with Crippen LogP contribution in [0.15, 0.2) is 42.5 Å². The van der Waals surface area contributed by atoms with Crippen LogP contribution in [-0.2, 0) is 4.79 Å². The Bertz CT molecular complexity index is 740. The second kappa shape index (κ2) is 7.76. The number of hydrogen-bond donors (Lipinski definition) is 1. The molecular formula is C21H27ClN2O. The standard InChI is InChI=1S/C21H26N2O.ClH/c1-15(18-9-8-17-4-2-3-5-19(17)12-18)23(20-10-11-20)21(24)14-22-13-16-6-7-16;/h2-5,8-9,12,15-16,20,22H,6-7,10-11,13-14H2,1H3;1H. The van der Waals surface area contributed by atoms with Gasteiger partial charge in [0.15, 0.2) is 0 Å². The molecule has 1 unspecified atom stereocenters. The highest BCUT2D eigenvalue weighted by molar-refractivity contribution is 5.85. The van der Waals surface area contributed by atoms with E-state index in [0.29, 0.717) is 12.6 Å². The first-order valence-electron chi connectivity index (χ1n) is 9.23. The Morgan fingerprint density at radius 3 is 2.52 bits per heavy atom. The summed E-state index contributed by atoms with van der Waals surface area (Å²) in [6.45, 7) is 3.64. The van der Waals surface area contributed by atoms with Crippen molar-refractivity contribution in [2.24, 2.45) is 5.92 Å². The summed E-state index contributed by atoms with van der Waals surface area (Å²) < 4.78 is 0. The van der Waals surface area contributed by atoms with Gasteiger partial charge in [-0.25, -0.2) is 0 Å². The van der Waals surface area contributed by atoms with Gasteiger partial charge in [0, 0.05) is 6.04 Å². The summed E-state index contributed by atoms with van der Waals surface area (Å²) in [5, 5.41) is 5.86. The van der Waals surface area contributed by atoms with Crippen molar-refractivity contribution in [3.05, 3.63) is 48.0 Å². The summed E-state index contributed by atoms with van der Waals surface area (Å²) in [4.78, 5) is 14.9. The van der Waals surface area contributed by atoms with Crippen LogP contribution in [0, 0.1) is 5.92 Å². The Kier molecular flexibility index (Phi) is 5.65. The first-order chi connectivity index (χ1) is 11.7. The quantitative estimate of drug-likeness (QED) is 0.799. The van der Waals surface area contributed by atoms with Crippen molar-refractivity contribution < 1.29 is 4.79 Å². The zero-order valence-corrected chi connectivity index (χ0v) is 15.6. The molecule has 1 atom stereocenters. The van der Waals surface area contributed by atoms with Gasteiger partial charge in [-0.05, 0) is 67.5 Å². The van der Waals surface area contributed by atoms with Gasteiger partial charge in [0.1, 0.15) is 0 Å². The van der Waals surface area contributed by atoms with Gasteiger partial charge < -0.3 is 10.2 Å². The maximum atomic E-state index is 12.8. The number of hydrogen-bond acceptors (Lipinski definition) is 2. The lowest BCUT2D eigenvalue weighted by Gasteiger charge is -2.30. The Balaban J connectivity index is 0.00000182. The molecule has 4 rings (SSSR count). The second-order valence-electron chi connectivity index (χ2n) is 7.39. The van der Waals surface area contributed by atoms with E-state index in [1.807, 2.05) is 0 Å². The number of carbonyl (C=O) groups excluding carboxylic acids is 1.